The van der Waals surface area contributed by atoms with Crippen LogP contribution in [0, 0.1) is 0 Å². The van der Waals surface area contributed by atoms with E-state index in [0.717, 1.165) is 12.8 Å². The molecule has 2 rings (SSSR count). The van der Waals surface area contributed by atoms with Crippen molar-refractivity contribution in [2.24, 2.45) is 0 Å². The molecule has 0 spiro atoms. The van der Waals surface area contributed by atoms with E-state index in [0.29, 0.717) is 0 Å². The van der Waals surface area contributed by atoms with E-state index in [4.69, 9.17) is 0 Å². The van der Waals surface area contributed by atoms with Gasteiger partial charge in [0.25, 0.3) is 0 Å². The number of carbonyl (C=O) groups is 1. The zero-order valence-electron chi connectivity index (χ0n) is 8.54. The Bertz CT molecular complexity index is 325. The van der Waals surface area contributed by atoms with Gasteiger partial charge in [-0.2, -0.15) is 0 Å². The molecule has 1 aliphatic carbocycles. The number of hydrogen-bond acceptors (Lipinski definition) is 2. The molecule has 0 aliphatic heterocycles. The minimum Gasteiger partial charge on any atom is -0.353 e. The Kier molecular flexibility index (Phi) is 2.35. The monoisotopic (exact) mass is 209 g/mol. The predicted octanol–water partition coefficient (Wildman–Crippen LogP) is 2.30. The van der Waals surface area contributed by atoms with Gasteiger partial charge in [-0.15, -0.1) is 11.3 Å². The van der Waals surface area contributed by atoms with Gasteiger partial charge in [-0.1, -0.05) is 6.07 Å². The van der Waals surface area contributed by atoms with Gasteiger partial charge in [0.05, 0.1) is 5.41 Å². The number of amides is 1. The van der Waals surface area contributed by atoms with E-state index in [1.54, 1.807) is 11.3 Å². The molecule has 1 aliphatic rings. The van der Waals surface area contributed by atoms with Crippen molar-refractivity contribution in [3.8, 4) is 0 Å². The maximum Gasteiger partial charge on any atom is 0.231 e. The summed E-state index contributed by atoms with van der Waals surface area (Å²) in [5.74, 6) is 0.204. The molecule has 14 heavy (non-hydrogen) atoms. The minimum absolute atomic E-state index is 0.168. The van der Waals surface area contributed by atoms with Gasteiger partial charge >= 0.3 is 0 Å². The summed E-state index contributed by atoms with van der Waals surface area (Å²) in [6.07, 6.45) is 2.01. The first-order chi connectivity index (χ1) is 6.65. The Morgan fingerprint density at radius 3 is 2.71 bits per heavy atom. The first-order valence-corrected chi connectivity index (χ1v) is 5.88. The summed E-state index contributed by atoms with van der Waals surface area (Å²) in [5.41, 5.74) is -0.168. The largest absolute Gasteiger partial charge is 0.353 e. The lowest BCUT2D eigenvalue weighted by atomic mass is 10.0. The second-order valence-corrected chi connectivity index (χ2v) is 5.14. The van der Waals surface area contributed by atoms with Crippen LogP contribution in [0.15, 0.2) is 17.5 Å². The Morgan fingerprint density at radius 2 is 2.29 bits per heavy atom. The van der Waals surface area contributed by atoms with Crippen LogP contribution in [0.25, 0.3) is 0 Å². The molecule has 0 atom stereocenters. The Hall–Kier alpha value is -0.830. The average Bonchev–Trinajstić information content (AvgIpc) is 2.74. The first-order valence-electron chi connectivity index (χ1n) is 5.00. The van der Waals surface area contributed by atoms with Crippen LogP contribution in [0.3, 0.4) is 0 Å². The molecule has 0 unspecified atom stereocenters. The lowest BCUT2D eigenvalue weighted by molar-refractivity contribution is -0.124. The van der Waals surface area contributed by atoms with Gasteiger partial charge in [-0.3, -0.25) is 4.79 Å². The summed E-state index contributed by atoms with van der Waals surface area (Å²) in [6, 6.07) is 4.32. The Balaban J connectivity index is 2.14. The molecular weight excluding hydrogens is 194 g/mol. The van der Waals surface area contributed by atoms with Crippen LogP contribution in [-0.2, 0) is 10.2 Å². The molecule has 1 fully saturated rings. The number of rotatable bonds is 3. The Morgan fingerprint density at radius 1 is 1.57 bits per heavy atom. The quantitative estimate of drug-likeness (QED) is 0.813. The third kappa shape index (κ3) is 1.57. The normalized spacial score (nSPS) is 18.2. The topological polar surface area (TPSA) is 29.1 Å². The third-order valence-electron chi connectivity index (χ3n) is 2.60. The zero-order chi connectivity index (χ0) is 10.2. The van der Waals surface area contributed by atoms with Crippen molar-refractivity contribution in [1.82, 2.24) is 5.32 Å². The van der Waals surface area contributed by atoms with Crippen LogP contribution in [0.4, 0.5) is 0 Å². The van der Waals surface area contributed by atoms with Crippen LogP contribution < -0.4 is 5.32 Å². The van der Waals surface area contributed by atoms with E-state index in [9.17, 15) is 4.79 Å². The fourth-order valence-corrected chi connectivity index (χ4v) is 2.64. The summed E-state index contributed by atoms with van der Waals surface area (Å²) in [7, 11) is 0. The molecule has 0 aromatic carbocycles. The summed E-state index contributed by atoms with van der Waals surface area (Å²) in [5, 5.41) is 5.04. The van der Waals surface area contributed by atoms with Crippen molar-refractivity contribution in [2.45, 2.75) is 38.1 Å². The molecule has 1 N–H and O–H groups in total. The number of hydrogen-bond donors (Lipinski definition) is 1. The van der Waals surface area contributed by atoms with Gasteiger partial charge in [-0.05, 0) is 38.1 Å². The Labute approximate surface area is 88.3 Å². The zero-order valence-corrected chi connectivity index (χ0v) is 9.36. The highest BCUT2D eigenvalue weighted by Crippen LogP contribution is 2.50. The summed E-state index contributed by atoms with van der Waals surface area (Å²) in [6.45, 7) is 4.00. The fraction of sp³-hybridized carbons (Fsp3) is 0.545. The van der Waals surface area contributed by atoms with Crippen LogP contribution in [0.1, 0.15) is 31.6 Å². The van der Waals surface area contributed by atoms with E-state index < -0.39 is 0 Å². The molecule has 1 aromatic rings. The van der Waals surface area contributed by atoms with Crippen molar-refractivity contribution in [1.29, 1.82) is 0 Å². The molecule has 3 heteroatoms. The van der Waals surface area contributed by atoms with Gasteiger partial charge in [0.15, 0.2) is 0 Å². The molecule has 1 aromatic heterocycles. The van der Waals surface area contributed by atoms with Crippen LogP contribution in [-0.4, -0.2) is 11.9 Å². The lowest BCUT2D eigenvalue weighted by Gasteiger charge is -2.15. The van der Waals surface area contributed by atoms with E-state index >= 15 is 0 Å². The maximum atomic E-state index is 11.9. The van der Waals surface area contributed by atoms with E-state index in [1.807, 2.05) is 25.3 Å². The van der Waals surface area contributed by atoms with Crippen molar-refractivity contribution in [3.63, 3.8) is 0 Å². The molecule has 0 saturated heterocycles. The van der Waals surface area contributed by atoms with E-state index in [1.165, 1.54) is 4.88 Å². The second-order valence-electron chi connectivity index (χ2n) is 4.19. The minimum atomic E-state index is -0.168. The predicted molar refractivity (Wildman–Crippen MR) is 58.5 cm³/mol. The molecule has 1 saturated carbocycles. The highest BCUT2D eigenvalue weighted by molar-refractivity contribution is 7.10. The second kappa shape index (κ2) is 3.39. The molecule has 1 heterocycles. The van der Waals surface area contributed by atoms with E-state index in [-0.39, 0.29) is 17.4 Å². The van der Waals surface area contributed by atoms with Gasteiger partial charge < -0.3 is 5.32 Å². The van der Waals surface area contributed by atoms with Crippen LogP contribution in [0.2, 0.25) is 0 Å². The first kappa shape index (κ1) is 9.71. The highest BCUT2D eigenvalue weighted by atomic mass is 32.1. The summed E-state index contributed by atoms with van der Waals surface area (Å²) < 4.78 is 0. The molecule has 0 bridgehead atoms. The smallest absolute Gasteiger partial charge is 0.231 e. The summed E-state index contributed by atoms with van der Waals surface area (Å²) >= 11 is 1.69. The number of nitrogens with one attached hydrogen (secondary N) is 1. The summed E-state index contributed by atoms with van der Waals surface area (Å²) in [4.78, 5) is 13.1. The molecule has 0 radical (unpaired) electrons. The van der Waals surface area contributed by atoms with Gasteiger partial charge in [0, 0.05) is 10.9 Å². The number of carbonyl (C=O) groups excluding carboxylic acids is 1. The van der Waals surface area contributed by atoms with Crippen molar-refractivity contribution < 1.29 is 4.79 Å². The van der Waals surface area contributed by atoms with Gasteiger partial charge in [-0.25, -0.2) is 0 Å². The lowest BCUT2D eigenvalue weighted by Crippen LogP contribution is -2.38. The van der Waals surface area contributed by atoms with Crippen molar-refractivity contribution >= 4 is 17.2 Å². The fourth-order valence-electron chi connectivity index (χ4n) is 1.66. The number of thiophene rings is 1. The molecule has 1 amide bonds. The highest BCUT2D eigenvalue weighted by Gasteiger charge is 2.52. The molecule has 76 valence electrons. The van der Waals surface area contributed by atoms with Gasteiger partial charge in [0.1, 0.15) is 0 Å². The molecular formula is C11H15NOS. The molecule has 2 nitrogen and oxygen atoms in total. The van der Waals surface area contributed by atoms with Gasteiger partial charge in [0.2, 0.25) is 5.91 Å². The van der Waals surface area contributed by atoms with Crippen LogP contribution in [0.5, 0.6) is 0 Å². The van der Waals surface area contributed by atoms with Crippen molar-refractivity contribution in [2.75, 3.05) is 0 Å². The SMILES string of the molecule is CC(C)NC(=O)C1(c2cccs2)CC1. The van der Waals surface area contributed by atoms with E-state index in [2.05, 4.69) is 11.4 Å². The third-order valence-corrected chi connectivity index (χ3v) is 3.67. The maximum absolute atomic E-state index is 11.9. The van der Waals surface area contributed by atoms with Crippen molar-refractivity contribution in [3.05, 3.63) is 22.4 Å². The average molecular weight is 209 g/mol. The standard InChI is InChI=1S/C11H15NOS/c1-8(2)12-10(13)11(5-6-11)9-4-3-7-14-9/h3-4,7-8H,5-6H2,1-2H3,(H,12,13). The van der Waals surface area contributed by atoms with Crippen LogP contribution >= 0.6 is 11.3 Å².